The minimum atomic E-state index is -0.242. The minimum absolute atomic E-state index is 0.0586. The molecule has 0 aliphatic rings. The molecular formula is C18H14ClNO2S. The lowest BCUT2D eigenvalue weighted by Crippen LogP contribution is -2.07. The van der Waals surface area contributed by atoms with Gasteiger partial charge in [0.2, 0.25) is 5.91 Å². The third kappa shape index (κ3) is 3.62. The number of amides is 1. The van der Waals surface area contributed by atoms with Crippen molar-refractivity contribution in [1.82, 2.24) is 0 Å². The summed E-state index contributed by atoms with van der Waals surface area (Å²) in [6, 6.07) is 15.0. The fourth-order valence-electron chi connectivity index (χ4n) is 2.22. The van der Waals surface area contributed by atoms with Crippen LogP contribution in [0.2, 0.25) is 5.02 Å². The first-order chi connectivity index (χ1) is 11.2. The highest BCUT2D eigenvalue weighted by Gasteiger charge is 2.07. The first-order valence-electron chi connectivity index (χ1n) is 7.03. The summed E-state index contributed by atoms with van der Waals surface area (Å²) in [5.41, 5.74) is 1.40. The van der Waals surface area contributed by atoms with Gasteiger partial charge in [0.05, 0.1) is 11.6 Å². The number of aliphatic hydroxyl groups excluding tert-OH is 1. The molecule has 3 nitrogen and oxygen atoms in total. The molecule has 0 fully saturated rings. The maximum absolute atomic E-state index is 12.0. The van der Waals surface area contributed by atoms with E-state index in [1.54, 1.807) is 41.7 Å². The molecule has 0 unspecified atom stereocenters. The predicted molar refractivity (Wildman–Crippen MR) is 96.9 cm³/mol. The fourth-order valence-corrected chi connectivity index (χ4v) is 3.62. The Bertz CT molecular complexity index is 886. The summed E-state index contributed by atoms with van der Waals surface area (Å²) >= 11 is 7.89. The van der Waals surface area contributed by atoms with Gasteiger partial charge in [-0.3, -0.25) is 4.79 Å². The number of rotatable bonds is 4. The molecule has 0 radical (unpaired) electrons. The van der Waals surface area contributed by atoms with E-state index in [4.69, 9.17) is 16.7 Å². The van der Waals surface area contributed by atoms with Gasteiger partial charge in [-0.1, -0.05) is 41.9 Å². The van der Waals surface area contributed by atoms with Crippen LogP contribution in [0, 0.1) is 0 Å². The Hall–Kier alpha value is -2.14. The molecule has 0 spiro atoms. The van der Waals surface area contributed by atoms with Crippen molar-refractivity contribution < 1.29 is 9.90 Å². The Morgan fingerprint density at radius 1 is 1.22 bits per heavy atom. The number of thiophene rings is 1. The molecule has 0 saturated heterocycles. The van der Waals surface area contributed by atoms with Crippen LogP contribution in [0.25, 0.3) is 16.2 Å². The summed E-state index contributed by atoms with van der Waals surface area (Å²) in [6.45, 7) is -0.0586. The first-order valence-corrected chi connectivity index (χ1v) is 8.22. The Balaban J connectivity index is 1.75. The molecule has 2 aromatic carbocycles. The second-order valence-electron chi connectivity index (χ2n) is 4.96. The van der Waals surface area contributed by atoms with Gasteiger partial charge in [0.25, 0.3) is 0 Å². The summed E-state index contributed by atoms with van der Waals surface area (Å²) in [6.07, 6.45) is 3.18. The summed E-state index contributed by atoms with van der Waals surface area (Å²) in [5, 5.41) is 13.5. The van der Waals surface area contributed by atoms with Gasteiger partial charge < -0.3 is 10.4 Å². The molecule has 0 aliphatic carbocycles. The van der Waals surface area contributed by atoms with Crippen molar-refractivity contribution >= 4 is 50.7 Å². The molecule has 0 aliphatic heterocycles. The van der Waals surface area contributed by atoms with Crippen LogP contribution in [-0.2, 0) is 11.4 Å². The molecule has 3 aromatic rings. The van der Waals surface area contributed by atoms with Crippen molar-refractivity contribution in [2.24, 2.45) is 0 Å². The highest BCUT2D eigenvalue weighted by molar-refractivity contribution is 7.20. The van der Waals surface area contributed by atoms with Crippen molar-refractivity contribution in [3.8, 4) is 0 Å². The van der Waals surface area contributed by atoms with Crippen molar-refractivity contribution in [2.75, 3.05) is 5.32 Å². The Labute approximate surface area is 142 Å². The average molecular weight is 344 g/mol. The van der Waals surface area contributed by atoms with Crippen LogP contribution in [0.1, 0.15) is 10.4 Å². The number of carbonyl (C=O) groups is 1. The van der Waals surface area contributed by atoms with Gasteiger partial charge in [0, 0.05) is 26.7 Å². The van der Waals surface area contributed by atoms with Crippen molar-refractivity contribution in [3.63, 3.8) is 0 Å². The standard InChI is InChI=1S/C18H14ClNO2S/c19-18-14-6-1-2-7-15(14)23-16(18)8-9-17(22)20-13-5-3-4-12(10-13)11-21/h1-10,21H,11H2,(H,20,22)/b9-8+. The maximum Gasteiger partial charge on any atom is 0.248 e. The molecule has 1 amide bonds. The lowest BCUT2D eigenvalue weighted by molar-refractivity contribution is -0.111. The zero-order chi connectivity index (χ0) is 16.2. The molecular weight excluding hydrogens is 330 g/mol. The topological polar surface area (TPSA) is 49.3 Å². The van der Waals surface area contributed by atoms with Crippen LogP contribution < -0.4 is 5.32 Å². The van der Waals surface area contributed by atoms with Crippen LogP contribution in [0.4, 0.5) is 5.69 Å². The fraction of sp³-hybridized carbons (Fsp3) is 0.0556. The molecule has 0 atom stereocenters. The Morgan fingerprint density at radius 2 is 2.04 bits per heavy atom. The van der Waals surface area contributed by atoms with E-state index in [1.807, 2.05) is 24.3 Å². The zero-order valence-corrected chi connectivity index (χ0v) is 13.7. The van der Waals surface area contributed by atoms with Gasteiger partial charge in [-0.2, -0.15) is 0 Å². The smallest absolute Gasteiger partial charge is 0.248 e. The average Bonchev–Trinajstić information content (AvgIpc) is 2.90. The number of carbonyl (C=O) groups excluding carboxylic acids is 1. The molecule has 23 heavy (non-hydrogen) atoms. The first kappa shape index (κ1) is 15.7. The molecule has 0 saturated carbocycles. The summed E-state index contributed by atoms with van der Waals surface area (Å²) in [5.74, 6) is -0.242. The van der Waals surface area contributed by atoms with Gasteiger partial charge >= 0.3 is 0 Å². The van der Waals surface area contributed by atoms with Crippen LogP contribution in [0.5, 0.6) is 0 Å². The van der Waals surface area contributed by atoms with Crippen LogP contribution in [0.15, 0.2) is 54.6 Å². The van der Waals surface area contributed by atoms with Crippen molar-refractivity contribution in [3.05, 3.63) is 70.1 Å². The SMILES string of the molecule is O=C(/C=C/c1sc2ccccc2c1Cl)Nc1cccc(CO)c1. The Morgan fingerprint density at radius 3 is 2.83 bits per heavy atom. The number of anilines is 1. The largest absolute Gasteiger partial charge is 0.392 e. The third-order valence-corrected chi connectivity index (χ3v) is 4.98. The van der Waals surface area contributed by atoms with Crippen LogP contribution >= 0.6 is 22.9 Å². The number of benzene rings is 2. The highest BCUT2D eigenvalue weighted by atomic mass is 35.5. The van der Waals surface area contributed by atoms with E-state index < -0.39 is 0 Å². The maximum atomic E-state index is 12.0. The summed E-state index contributed by atoms with van der Waals surface area (Å²) in [4.78, 5) is 12.9. The lowest BCUT2D eigenvalue weighted by Gasteiger charge is -2.03. The van der Waals surface area contributed by atoms with E-state index in [1.165, 1.54) is 6.08 Å². The zero-order valence-electron chi connectivity index (χ0n) is 12.1. The van der Waals surface area contributed by atoms with Crippen LogP contribution in [0.3, 0.4) is 0 Å². The van der Waals surface area contributed by atoms with Gasteiger partial charge in [-0.05, 0) is 29.8 Å². The van der Waals surface area contributed by atoms with E-state index in [0.29, 0.717) is 10.7 Å². The van der Waals surface area contributed by atoms with Gasteiger partial charge in [0.1, 0.15) is 0 Å². The van der Waals surface area contributed by atoms with Crippen LogP contribution in [-0.4, -0.2) is 11.0 Å². The Kier molecular flexibility index (Phi) is 4.76. The number of halogens is 1. The molecule has 116 valence electrons. The minimum Gasteiger partial charge on any atom is -0.392 e. The number of aliphatic hydroxyl groups is 1. The van der Waals surface area contributed by atoms with Crippen molar-refractivity contribution in [1.29, 1.82) is 0 Å². The highest BCUT2D eigenvalue weighted by Crippen LogP contribution is 2.35. The number of hydrogen-bond donors (Lipinski definition) is 2. The van der Waals surface area contributed by atoms with E-state index in [0.717, 1.165) is 20.5 Å². The molecule has 3 rings (SSSR count). The molecule has 2 N–H and O–H groups in total. The number of nitrogens with one attached hydrogen (secondary N) is 1. The van der Waals surface area contributed by atoms with Crippen molar-refractivity contribution in [2.45, 2.75) is 6.61 Å². The van der Waals surface area contributed by atoms with E-state index in [-0.39, 0.29) is 12.5 Å². The van der Waals surface area contributed by atoms with E-state index in [9.17, 15) is 4.79 Å². The normalized spacial score (nSPS) is 11.2. The van der Waals surface area contributed by atoms with E-state index >= 15 is 0 Å². The molecule has 0 bridgehead atoms. The second-order valence-corrected chi connectivity index (χ2v) is 6.42. The molecule has 5 heteroatoms. The van der Waals surface area contributed by atoms with Gasteiger partial charge in [-0.25, -0.2) is 0 Å². The third-order valence-electron chi connectivity index (χ3n) is 3.32. The molecule has 1 aromatic heterocycles. The second kappa shape index (κ2) is 6.96. The lowest BCUT2D eigenvalue weighted by atomic mass is 10.2. The molecule has 1 heterocycles. The number of hydrogen-bond acceptors (Lipinski definition) is 3. The van der Waals surface area contributed by atoms with E-state index in [2.05, 4.69) is 5.32 Å². The predicted octanol–water partition coefficient (Wildman–Crippen LogP) is 4.70. The quantitative estimate of drug-likeness (QED) is 0.675. The summed E-state index contributed by atoms with van der Waals surface area (Å²) < 4.78 is 1.09. The number of fused-ring (bicyclic) bond motifs is 1. The monoisotopic (exact) mass is 343 g/mol. The van der Waals surface area contributed by atoms with Gasteiger partial charge in [-0.15, -0.1) is 11.3 Å². The van der Waals surface area contributed by atoms with Gasteiger partial charge in [0.15, 0.2) is 0 Å². The summed E-state index contributed by atoms with van der Waals surface area (Å²) in [7, 11) is 0.